The predicted octanol–water partition coefficient (Wildman–Crippen LogP) is 2.99. The van der Waals surface area contributed by atoms with Crippen LogP contribution in [-0.2, 0) is 4.74 Å². The summed E-state index contributed by atoms with van der Waals surface area (Å²) in [6.45, 7) is 7.95. The van der Waals surface area contributed by atoms with E-state index in [0.717, 1.165) is 28.7 Å². The molecule has 1 heterocycles. The van der Waals surface area contributed by atoms with Crippen molar-refractivity contribution in [3.63, 3.8) is 0 Å². The quantitative estimate of drug-likeness (QED) is 0.851. The smallest absolute Gasteiger partial charge is 0.0663 e. The number of ether oxygens (including phenoxy) is 1. The highest BCUT2D eigenvalue weighted by molar-refractivity contribution is 6.01. The maximum absolute atomic E-state index is 6.07. The number of hydrogen-bond acceptors (Lipinski definition) is 4. The molecule has 108 valence electrons. The lowest BCUT2D eigenvalue weighted by Crippen LogP contribution is -2.36. The Hall–Kier alpha value is -1.81. The first kappa shape index (κ1) is 14.6. The molecule has 20 heavy (non-hydrogen) atoms. The highest BCUT2D eigenvalue weighted by Crippen LogP contribution is 2.32. The molecule has 0 spiro atoms. The normalized spacial score (nSPS) is 12.6. The summed E-state index contributed by atoms with van der Waals surface area (Å²) in [5.74, 6) is 0. The summed E-state index contributed by atoms with van der Waals surface area (Å²) in [6, 6.07) is 6.46. The van der Waals surface area contributed by atoms with Gasteiger partial charge in [-0.15, -0.1) is 0 Å². The molecule has 0 amide bonds. The zero-order valence-corrected chi connectivity index (χ0v) is 12.7. The molecule has 0 saturated heterocycles. The van der Waals surface area contributed by atoms with Crippen LogP contribution in [0, 0.1) is 6.92 Å². The number of nitrogens with two attached hydrogens (primary N) is 1. The topological polar surface area (TPSA) is 51.4 Å². The van der Waals surface area contributed by atoms with Crippen molar-refractivity contribution in [2.75, 3.05) is 30.9 Å². The maximum atomic E-state index is 6.07. The fourth-order valence-corrected chi connectivity index (χ4v) is 2.65. The van der Waals surface area contributed by atoms with Crippen molar-refractivity contribution in [3.8, 4) is 0 Å². The summed E-state index contributed by atoms with van der Waals surface area (Å²) in [4.78, 5) is 6.69. The largest absolute Gasteiger partial charge is 0.398 e. The minimum absolute atomic E-state index is 0.310. The van der Waals surface area contributed by atoms with Gasteiger partial charge in [-0.05, 0) is 39.0 Å². The first-order valence-corrected chi connectivity index (χ1v) is 6.98. The van der Waals surface area contributed by atoms with Gasteiger partial charge in [0.15, 0.2) is 0 Å². The Kier molecular flexibility index (Phi) is 4.45. The van der Waals surface area contributed by atoms with Gasteiger partial charge in [-0.25, -0.2) is 0 Å². The van der Waals surface area contributed by atoms with Gasteiger partial charge in [-0.2, -0.15) is 0 Å². The van der Waals surface area contributed by atoms with E-state index in [2.05, 4.69) is 35.9 Å². The molecule has 0 aliphatic heterocycles. The van der Waals surface area contributed by atoms with Gasteiger partial charge < -0.3 is 15.4 Å². The predicted molar refractivity (Wildman–Crippen MR) is 85.3 cm³/mol. The first-order chi connectivity index (χ1) is 9.58. The van der Waals surface area contributed by atoms with E-state index in [1.54, 1.807) is 7.11 Å². The van der Waals surface area contributed by atoms with Gasteiger partial charge in [-0.1, -0.05) is 0 Å². The zero-order chi connectivity index (χ0) is 14.7. The van der Waals surface area contributed by atoms with E-state index in [-0.39, 0.29) is 0 Å². The van der Waals surface area contributed by atoms with Crippen LogP contribution in [0.4, 0.5) is 11.4 Å². The summed E-state index contributed by atoms with van der Waals surface area (Å²) in [7, 11) is 1.74. The lowest BCUT2D eigenvalue weighted by atomic mass is 10.1. The third-order valence-electron chi connectivity index (χ3n) is 3.64. The number of methoxy groups -OCH3 is 1. The number of anilines is 2. The summed E-state index contributed by atoms with van der Waals surface area (Å²) in [5.41, 5.74) is 9.03. The molecule has 1 unspecified atom stereocenters. The third-order valence-corrected chi connectivity index (χ3v) is 3.64. The second kappa shape index (κ2) is 6.09. The van der Waals surface area contributed by atoms with Crippen molar-refractivity contribution in [1.82, 2.24) is 4.98 Å². The van der Waals surface area contributed by atoms with Crippen molar-refractivity contribution in [1.29, 1.82) is 0 Å². The number of aryl methyl sites for hydroxylation is 1. The SMILES string of the molecule is CCN(c1ccc(N)c2cnc(C)cc12)C(C)COC. The summed E-state index contributed by atoms with van der Waals surface area (Å²) in [6.07, 6.45) is 1.86. The number of rotatable bonds is 5. The molecule has 1 aromatic heterocycles. The van der Waals surface area contributed by atoms with Crippen LogP contribution in [0.25, 0.3) is 10.8 Å². The second-order valence-electron chi connectivity index (χ2n) is 5.14. The van der Waals surface area contributed by atoms with Crippen LogP contribution in [-0.4, -0.2) is 31.3 Å². The molecule has 1 atom stereocenters. The average molecular weight is 273 g/mol. The molecule has 1 aromatic carbocycles. The molecular formula is C16H23N3O. The van der Waals surface area contributed by atoms with Gasteiger partial charge in [0.1, 0.15) is 0 Å². The molecule has 2 aromatic rings. The van der Waals surface area contributed by atoms with Crippen LogP contribution >= 0.6 is 0 Å². The fraction of sp³-hybridized carbons (Fsp3) is 0.438. The summed E-state index contributed by atoms with van der Waals surface area (Å²) >= 11 is 0. The molecule has 4 nitrogen and oxygen atoms in total. The van der Waals surface area contributed by atoms with E-state index in [1.165, 1.54) is 5.69 Å². The van der Waals surface area contributed by atoms with E-state index < -0.39 is 0 Å². The highest BCUT2D eigenvalue weighted by atomic mass is 16.5. The Bertz CT molecular complexity index is 598. The molecule has 0 aliphatic carbocycles. The van der Waals surface area contributed by atoms with Crippen molar-refractivity contribution >= 4 is 22.1 Å². The number of nitrogen functional groups attached to an aromatic ring is 1. The number of nitrogens with zero attached hydrogens (tertiary/aromatic N) is 2. The minimum Gasteiger partial charge on any atom is -0.398 e. The minimum atomic E-state index is 0.310. The summed E-state index contributed by atoms with van der Waals surface area (Å²) < 4.78 is 5.29. The van der Waals surface area contributed by atoms with E-state index in [9.17, 15) is 0 Å². The van der Waals surface area contributed by atoms with Crippen LogP contribution in [0.3, 0.4) is 0 Å². The lowest BCUT2D eigenvalue weighted by Gasteiger charge is -2.31. The van der Waals surface area contributed by atoms with Gasteiger partial charge in [0.2, 0.25) is 0 Å². The maximum Gasteiger partial charge on any atom is 0.0663 e. The van der Waals surface area contributed by atoms with E-state index in [0.29, 0.717) is 12.6 Å². The van der Waals surface area contributed by atoms with Crippen LogP contribution in [0.15, 0.2) is 24.4 Å². The van der Waals surface area contributed by atoms with Crippen molar-refractivity contribution in [2.45, 2.75) is 26.8 Å². The van der Waals surface area contributed by atoms with Crippen LogP contribution in [0.5, 0.6) is 0 Å². The molecule has 0 radical (unpaired) electrons. The standard InChI is InChI=1S/C16H23N3O/c1-5-19(12(3)10-20-4)16-7-6-15(17)14-9-18-11(2)8-13(14)16/h6-9,12H,5,10,17H2,1-4H3. The van der Waals surface area contributed by atoms with Crippen LogP contribution < -0.4 is 10.6 Å². The number of aromatic nitrogens is 1. The van der Waals surface area contributed by atoms with Crippen molar-refractivity contribution in [3.05, 3.63) is 30.1 Å². The summed E-state index contributed by atoms with van der Waals surface area (Å²) in [5, 5.41) is 2.17. The van der Waals surface area contributed by atoms with E-state index in [4.69, 9.17) is 10.5 Å². The Balaban J connectivity index is 2.57. The molecule has 2 N–H and O–H groups in total. The van der Waals surface area contributed by atoms with Gasteiger partial charge in [-0.3, -0.25) is 4.98 Å². The lowest BCUT2D eigenvalue weighted by molar-refractivity contribution is 0.182. The zero-order valence-electron chi connectivity index (χ0n) is 12.7. The van der Waals surface area contributed by atoms with Crippen molar-refractivity contribution < 1.29 is 4.74 Å². The Morgan fingerprint density at radius 2 is 2.10 bits per heavy atom. The molecule has 0 fully saturated rings. The average Bonchev–Trinajstić information content (AvgIpc) is 2.42. The number of hydrogen-bond donors (Lipinski definition) is 1. The van der Waals surface area contributed by atoms with Gasteiger partial charge in [0.25, 0.3) is 0 Å². The Morgan fingerprint density at radius 3 is 2.75 bits per heavy atom. The first-order valence-electron chi connectivity index (χ1n) is 6.98. The molecule has 4 heteroatoms. The van der Waals surface area contributed by atoms with E-state index >= 15 is 0 Å². The van der Waals surface area contributed by atoms with Crippen LogP contribution in [0.1, 0.15) is 19.5 Å². The molecule has 0 bridgehead atoms. The number of fused-ring (bicyclic) bond motifs is 1. The van der Waals surface area contributed by atoms with Crippen molar-refractivity contribution in [2.24, 2.45) is 0 Å². The van der Waals surface area contributed by atoms with Crippen LogP contribution in [0.2, 0.25) is 0 Å². The number of likely N-dealkylation sites (N-methyl/N-ethyl adjacent to an activating group) is 1. The van der Waals surface area contributed by atoms with Gasteiger partial charge >= 0.3 is 0 Å². The second-order valence-corrected chi connectivity index (χ2v) is 5.14. The highest BCUT2D eigenvalue weighted by Gasteiger charge is 2.16. The van der Waals surface area contributed by atoms with Gasteiger partial charge in [0.05, 0.1) is 6.61 Å². The number of pyridine rings is 1. The number of benzene rings is 1. The van der Waals surface area contributed by atoms with Gasteiger partial charge in [0, 0.05) is 53.7 Å². The molecule has 2 rings (SSSR count). The monoisotopic (exact) mass is 273 g/mol. The molecule has 0 aliphatic rings. The molecule has 0 saturated carbocycles. The third kappa shape index (κ3) is 2.70. The Labute approximate surface area is 120 Å². The fourth-order valence-electron chi connectivity index (χ4n) is 2.65. The molecular weight excluding hydrogens is 250 g/mol. The van der Waals surface area contributed by atoms with E-state index in [1.807, 2.05) is 19.2 Å². The Morgan fingerprint density at radius 1 is 1.35 bits per heavy atom.